The summed E-state index contributed by atoms with van der Waals surface area (Å²) in [5, 5.41) is 16.7. The highest BCUT2D eigenvalue weighted by atomic mass is 16.5. The fraction of sp³-hybridized carbons (Fsp3) is 0.569. The average Bonchev–Trinajstić information content (AvgIpc) is 1.80. The lowest BCUT2D eigenvalue weighted by Gasteiger charge is -2.45. The predicted molar refractivity (Wildman–Crippen MR) is 319 cm³/mol. The molecular formula is C58H92N16O8. The first-order valence-corrected chi connectivity index (χ1v) is 29.2. The molecule has 24 nitrogen and oxygen atoms in total. The van der Waals surface area contributed by atoms with E-state index in [4.69, 9.17) is 27.7 Å². The minimum atomic E-state index is -1.11. The van der Waals surface area contributed by atoms with Crippen LogP contribution in [0.2, 0.25) is 0 Å². The molecular weight excluding hydrogens is 1050 g/mol. The number of carbonyl (C=O) groups excluding carboxylic acids is 7. The second kappa shape index (κ2) is 34.5. The van der Waals surface area contributed by atoms with Gasteiger partial charge in [0.2, 0.25) is 35.4 Å². The van der Waals surface area contributed by atoms with Crippen LogP contribution in [-0.2, 0) is 34.3 Å². The topological polar surface area (TPSA) is 324 Å². The van der Waals surface area contributed by atoms with Crippen LogP contribution in [0.25, 0.3) is 0 Å². The van der Waals surface area contributed by atoms with E-state index >= 15 is 4.79 Å². The van der Waals surface area contributed by atoms with Crippen molar-refractivity contribution in [1.82, 2.24) is 51.5 Å². The smallest absolute Gasteiger partial charge is 0.255 e. The van der Waals surface area contributed by atoms with Gasteiger partial charge in [-0.3, -0.25) is 33.6 Å². The highest BCUT2D eigenvalue weighted by Crippen LogP contribution is 2.58. The molecule has 3 aromatic rings. The first kappa shape index (κ1) is 65.9. The second-order valence-electron chi connectivity index (χ2n) is 20.1. The third kappa shape index (κ3) is 18.5. The molecule has 0 fully saturated rings. The molecule has 0 aliphatic carbocycles. The Morgan fingerprint density at radius 2 is 0.829 bits per heavy atom. The van der Waals surface area contributed by atoms with Crippen molar-refractivity contribution in [3.8, 4) is 11.5 Å². The van der Waals surface area contributed by atoms with Gasteiger partial charge in [-0.1, -0.05) is 30.3 Å². The molecule has 24 heteroatoms. The van der Waals surface area contributed by atoms with E-state index in [9.17, 15) is 28.8 Å². The van der Waals surface area contributed by atoms with Crippen molar-refractivity contribution in [1.29, 1.82) is 0 Å². The van der Waals surface area contributed by atoms with E-state index in [2.05, 4.69) is 106 Å². The van der Waals surface area contributed by atoms with Crippen molar-refractivity contribution >= 4 is 52.7 Å². The summed E-state index contributed by atoms with van der Waals surface area (Å²) in [6.07, 6.45) is 0.803. The summed E-state index contributed by atoms with van der Waals surface area (Å²) in [5.41, 5.74) is 26.1. The number of carbonyl (C=O) groups is 7. The summed E-state index contributed by atoms with van der Waals surface area (Å²) in [7, 11) is 0. The van der Waals surface area contributed by atoms with Crippen LogP contribution in [0.3, 0.4) is 0 Å². The van der Waals surface area contributed by atoms with E-state index in [1.165, 1.54) is 0 Å². The molecule has 14 N–H and O–H groups in total. The van der Waals surface area contributed by atoms with Crippen molar-refractivity contribution < 1.29 is 38.3 Å². The lowest BCUT2D eigenvalue weighted by atomic mass is 9.74. The van der Waals surface area contributed by atoms with Crippen molar-refractivity contribution in [2.75, 3.05) is 154 Å². The molecule has 82 heavy (non-hydrogen) atoms. The highest BCUT2D eigenvalue weighted by Gasteiger charge is 2.56. The molecule has 1 spiro atoms. The zero-order valence-electron chi connectivity index (χ0n) is 48.8. The monoisotopic (exact) mass is 1140 g/mol. The summed E-state index contributed by atoms with van der Waals surface area (Å²) in [5.74, 6) is -0.145. The maximum atomic E-state index is 15.2. The van der Waals surface area contributed by atoms with Crippen molar-refractivity contribution in [2.24, 2.45) is 22.9 Å². The van der Waals surface area contributed by atoms with Crippen LogP contribution in [0.15, 0.2) is 60.7 Å². The predicted octanol–water partition coefficient (Wildman–Crippen LogP) is -0.0740. The fourth-order valence-electron chi connectivity index (χ4n) is 10.6. The Labute approximate surface area is 484 Å². The summed E-state index contributed by atoms with van der Waals surface area (Å²) in [6, 6.07) is 20.2. The summed E-state index contributed by atoms with van der Waals surface area (Å²) < 4.78 is 6.93. The van der Waals surface area contributed by atoms with Crippen LogP contribution in [-0.4, -0.2) is 205 Å². The fourth-order valence-corrected chi connectivity index (χ4v) is 10.6. The summed E-state index contributed by atoms with van der Waals surface area (Å²) >= 11 is 0. The second-order valence-corrected chi connectivity index (χ2v) is 20.1. The SMILES string of the molecule is CCN(CC)c1ccc2c(c1)Oc1cc(N(CC)CC)ccc1C21c2ccccc2C(=O)N1CCN(CCC(=O)NCCN(CCC(=O)NCN)CCC(=O)NCN)CCC(=O)NCCN(CCC(=O)NCCN)CCC(=O)NCCN. The molecule has 2 aliphatic rings. The van der Waals surface area contributed by atoms with Gasteiger partial charge in [0.05, 0.1) is 13.3 Å². The van der Waals surface area contributed by atoms with Crippen molar-refractivity contribution in [3.05, 3.63) is 82.9 Å². The van der Waals surface area contributed by atoms with E-state index < -0.39 is 5.54 Å². The number of fused-ring (bicyclic) bond motifs is 6. The number of anilines is 2. The Morgan fingerprint density at radius 1 is 0.463 bits per heavy atom. The molecule has 7 amide bonds. The Balaban J connectivity index is 1.41. The Morgan fingerprint density at radius 3 is 1.21 bits per heavy atom. The molecule has 0 saturated heterocycles. The van der Waals surface area contributed by atoms with E-state index in [0.717, 1.165) is 54.2 Å². The zero-order chi connectivity index (χ0) is 59.4. The van der Waals surface area contributed by atoms with E-state index in [-0.39, 0.29) is 126 Å². The Kier molecular flexibility index (Phi) is 27.7. The van der Waals surface area contributed by atoms with Gasteiger partial charge in [0.1, 0.15) is 17.0 Å². The first-order chi connectivity index (χ1) is 39.7. The van der Waals surface area contributed by atoms with E-state index in [1.807, 2.05) is 43.9 Å². The minimum Gasteiger partial charge on any atom is -0.456 e. The number of nitrogens with one attached hydrogen (secondary N) is 6. The number of hydrogen-bond acceptors (Lipinski definition) is 17. The van der Waals surface area contributed by atoms with Gasteiger partial charge in [-0.25, -0.2) is 0 Å². The summed E-state index contributed by atoms with van der Waals surface area (Å²) in [6.45, 7) is 16.5. The maximum absolute atomic E-state index is 15.2. The lowest BCUT2D eigenvalue weighted by molar-refractivity contribution is -0.123. The van der Waals surface area contributed by atoms with Gasteiger partial charge in [0.25, 0.3) is 5.91 Å². The third-order valence-corrected chi connectivity index (χ3v) is 15.0. The molecule has 452 valence electrons. The molecule has 0 bridgehead atoms. The van der Waals surface area contributed by atoms with Crippen LogP contribution in [0.1, 0.15) is 93.3 Å². The average molecular weight is 1140 g/mol. The van der Waals surface area contributed by atoms with Gasteiger partial charge in [-0.2, -0.15) is 0 Å². The normalized spacial score (nSPS) is 12.9. The Bertz CT molecular complexity index is 2460. The van der Waals surface area contributed by atoms with Crippen LogP contribution in [0.4, 0.5) is 11.4 Å². The van der Waals surface area contributed by atoms with Gasteiger partial charge >= 0.3 is 0 Å². The molecule has 0 aromatic heterocycles. The third-order valence-electron chi connectivity index (χ3n) is 15.0. The maximum Gasteiger partial charge on any atom is 0.255 e. The number of nitrogens with zero attached hydrogens (tertiary/aromatic N) is 6. The number of hydrogen-bond donors (Lipinski definition) is 10. The van der Waals surface area contributed by atoms with Crippen LogP contribution in [0, 0.1) is 0 Å². The Hall–Kier alpha value is -6.93. The number of amides is 7. The largest absolute Gasteiger partial charge is 0.456 e. The van der Waals surface area contributed by atoms with Gasteiger partial charge in [0.15, 0.2) is 0 Å². The van der Waals surface area contributed by atoms with Crippen LogP contribution < -0.4 is 69.4 Å². The summed E-state index contributed by atoms with van der Waals surface area (Å²) in [4.78, 5) is 105. The van der Waals surface area contributed by atoms with Crippen LogP contribution >= 0.6 is 0 Å². The lowest BCUT2D eigenvalue weighted by Crippen LogP contribution is -2.50. The van der Waals surface area contributed by atoms with E-state index in [1.54, 1.807) is 0 Å². The quantitative estimate of drug-likeness (QED) is 0.0334. The molecule has 5 rings (SSSR count). The van der Waals surface area contributed by atoms with Gasteiger partial charge < -0.3 is 89.0 Å². The molecule has 2 aliphatic heterocycles. The molecule has 0 unspecified atom stereocenters. The van der Waals surface area contributed by atoms with Crippen molar-refractivity contribution in [3.63, 3.8) is 0 Å². The van der Waals surface area contributed by atoms with Gasteiger partial charge in [-0.15, -0.1) is 0 Å². The molecule has 2 heterocycles. The molecule has 3 aromatic carbocycles. The minimum absolute atomic E-state index is 0.00159. The molecule has 0 saturated carbocycles. The molecule has 0 radical (unpaired) electrons. The van der Waals surface area contributed by atoms with Gasteiger partial charge in [-0.05, 0) is 51.5 Å². The zero-order valence-corrected chi connectivity index (χ0v) is 48.8. The standard InChI is InChI=1S/C58H92N16O8/c1-5-72(6-2)43-13-15-47-49(39-43)82-50-40-44(73(7-3)8-4)14-16-48(50)58(47)46-12-10-9-11-45(46)57(81)74(58)38-37-71(34-20-54(78)66-28-36-70(31-21-55(79)67-41-61)32-22-56(80)68-42-62)33-19-53(77)65-27-35-69(29-17-51(75)63-25-23-59)30-18-52(76)64-26-24-60/h9-16,39-40H,5-8,17-38,41-42,59-62H2,1-4H3,(H,63,75)(H,64,76)(H,65,77)(H,66,78)(H,67,79)(H,68,80). The first-order valence-electron chi connectivity index (χ1n) is 29.2. The number of ether oxygens (including phenoxy) is 1. The van der Waals surface area contributed by atoms with Crippen molar-refractivity contribution in [2.45, 2.75) is 71.8 Å². The number of nitrogens with two attached hydrogens (primary N) is 4. The van der Waals surface area contributed by atoms with E-state index in [0.29, 0.717) is 89.1 Å². The van der Waals surface area contributed by atoms with Crippen LogP contribution in [0.5, 0.6) is 11.5 Å². The number of benzene rings is 3. The van der Waals surface area contributed by atoms with Gasteiger partial charge in [0, 0.05) is 210 Å². The number of rotatable bonds is 39. The highest BCUT2D eigenvalue weighted by molar-refractivity contribution is 6.02. The molecule has 0 atom stereocenters.